The zero-order valence-electron chi connectivity index (χ0n) is 10.9. The highest BCUT2D eigenvalue weighted by Crippen LogP contribution is 2.32. The molecule has 1 atom stereocenters. The molecule has 1 unspecified atom stereocenters. The van der Waals surface area contributed by atoms with Crippen molar-refractivity contribution in [2.75, 3.05) is 6.54 Å². The number of nitrogens with one attached hydrogen (secondary N) is 1. The van der Waals surface area contributed by atoms with Crippen molar-refractivity contribution in [2.24, 2.45) is 0 Å². The van der Waals surface area contributed by atoms with E-state index in [0.29, 0.717) is 18.3 Å². The molecular formula is C14H22N2O2. The Morgan fingerprint density at radius 3 is 3.00 bits per heavy atom. The Bertz CT molecular complexity index is 396. The van der Waals surface area contributed by atoms with Gasteiger partial charge in [-0.2, -0.15) is 0 Å². The van der Waals surface area contributed by atoms with Gasteiger partial charge in [0.05, 0.1) is 6.10 Å². The first-order valence-electron chi connectivity index (χ1n) is 6.85. The van der Waals surface area contributed by atoms with Gasteiger partial charge in [-0.25, -0.2) is 0 Å². The highest BCUT2D eigenvalue weighted by molar-refractivity contribution is 5.92. The first-order valence-corrected chi connectivity index (χ1v) is 6.85. The third-order valence-electron chi connectivity index (χ3n) is 3.60. The largest absolute Gasteiger partial charge is 0.391 e. The summed E-state index contributed by atoms with van der Waals surface area (Å²) in [5.41, 5.74) is 0.711. The molecule has 1 aliphatic rings. The van der Waals surface area contributed by atoms with Crippen LogP contribution < -0.4 is 5.32 Å². The van der Waals surface area contributed by atoms with E-state index in [0.717, 1.165) is 25.7 Å². The molecule has 2 N–H and O–H groups in total. The average Bonchev–Trinajstić information content (AvgIpc) is 2.73. The Kier molecular flexibility index (Phi) is 4.42. The van der Waals surface area contributed by atoms with Crippen LogP contribution in [0.3, 0.4) is 0 Å². The van der Waals surface area contributed by atoms with Gasteiger partial charge in [-0.05, 0) is 37.8 Å². The van der Waals surface area contributed by atoms with Crippen molar-refractivity contribution in [3.8, 4) is 0 Å². The Labute approximate surface area is 108 Å². The summed E-state index contributed by atoms with van der Waals surface area (Å²) in [5, 5.41) is 12.4. The van der Waals surface area contributed by atoms with E-state index in [2.05, 4.69) is 9.88 Å². The van der Waals surface area contributed by atoms with E-state index in [-0.39, 0.29) is 5.91 Å². The molecule has 0 aliphatic heterocycles. The van der Waals surface area contributed by atoms with E-state index in [9.17, 15) is 9.90 Å². The van der Waals surface area contributed by atoms with Crippen LogP contribution in [0.4, 0.5) is 0 Å². The summed E-state index contributed by atoms with van der Waals surface area (Å²) < 4.78 is 2.06. The monoisotopic (exact) mass is 250 g/mol. The molecule has 1 saturated carbocycles. The topological polar surface area (TPSA) is 54.3 Å². The lowest BCUT2D eigenvalue weighted by Crippen LogP contribution is -2.34. The van der Waals surface area contributed by atoms with Gasteiger partial charge >= 0.3 is 0 Å². The summed E-state index contributed by atoms with van der Waals surface area (Å²) in [6.07, 6.45) is 6.76. The summed E-state index contributed by atoms with van der Waals surface area (Å²) in [7, 11) is 0. The Hall–Kier alpha value is -1.29. The number of hydrogen-bond acceptors (Lipinski definition) is 2. The number of aliphatic hydroxyl groups is 1. The average molecular weight is 250 g/mol. The third kappa shape index (κ3) is 2.93. The second kappa shape index (κ2) is 6.05. The van der Waals surface area contributed by atoms with Crippen molar-refractivity contribution < 1.29 is 9.90 Å². The number of amides is 1. The zero-order valence-corrected chi connectivity index (χ0v) is 10.9. The van der Waals surface area contributed by atoms with Crippen LogP contribution in [0, 0.1) is 0 Å². The van der Waals surface area contributed by atoms with Gasteiger partial charge in [0.15, 0.2) is 0 Å². The molecule has 2 rings (SSSR count). The van der Waals surface area contributed by atoms with Crippen molar-refractivity contribution >= 4 is 5.91 Å². The van der Waals surface area contributed by atoms with Crippen LogP contribution >= 0.6 is 0 Å². The van der Waals surface area contributed by atoms with Crippen LogP contribution in [0.1, 0.15) is 55.6 Å². The van der Waals surface area contributed by atoms with Crippen molar-refractivity contribution in [2.45, 2.75) is 51.2 Å². The van der Waals surface area contributed by atoms with Crippen LogP contribution in [-0.4, -0.2) is 28.2 Å². The fourth-order valence-corrected chi connectivity index (χ4v) is 2.31. The number of carbonyl (C=O) groups excluding carboxylic acids is 1. The van der Waals surface area contributed by atoms with E-state index in [1.807, 2.05) is 25.3 Å². The summed E-state index contributed by atoms with van der Waals surface area (Å²) in [6.45, 7) is 2.36. The molecule has 1 aromatic heterocycles. The Morgan fingerprint density at radius 2 is 2.39 bits per heavy atom. The molecule has 0 bridgehead atoms. The predicted octanol–water partition coefficient (Wildman–Crippen LogP) is 2.10. The number of rotatable bonds is 6. The van der Waals surface area contributed by atoms with Crippen molar-refractivity contribution in [1.82, 2.24) is 9.88 Å². The van der Waals surface area contributed by atoms with Gasteiger partial charge in [0.1, 0.15) is 5.69 Å². The molecule has 0 spiro atoms. The molecule has 1 aliphatic carbocycles. The quantitative estimate of drug-likeness (QED) is 0.812. The van der Waals surface area contributed by atoms with Gasteiger partial charge in [0.2, 0.25) is 0 Å². The summed E-state index contributed by atoms with van der Waals surface area (Å²) in [4.78, 5) is 12.0. The smallest absolute Gasteiger partial charge is 0.268 e. The van der Waals surface area contributed by atoms with Crippen LogP contribution in [0.15, 0.2) is 18.3 Å². The molecule has 1 heterocycles. The molecule has 0 aromatic carbocycles. The van der Waals surface area contributed by atoms with E-state index < -0.39 is 6.10 Å². The molecule has 1 aromatic rings. The lowest BCUT2D eigenvalue weighted by molar-refractivity contribution is 0.0895. The maximum absolute atomic E-state index is 12.0. The van der Waals surface area contributed by atoms with Crippen LogP contribution in [0.5, 0.6) is 0 Å². The number of aromatic nitrogens is 1. The summed E-state index contributed by atoms with van der Waals surface area (Å²) in [6, 6.07) is 4.25. The Balaban J connectivity index is 1.90. The molecule has 4 nitrogen and oxygen atoms in total. The SMILES string of the molecule is CCCC(O)CNC(=O)c1cccn1C1CCC1. The van der Waals surface area contributed by atoms with Gasteiger partial charge in [-0.15, -0.1) is 0 Å². The summed E-state index contributed by atoms with van der Waals surface area (Å²) >= 11 is 0. The lowest BCUT2D eigenvalue weighted by Gasteiger charge is -2.28. The standard InChI is InChI=1S/C14H22N2O2/c1-2-5-12(17)10-15-14(18)13-8-4-9-16(13)11-6-3-7-11/h4,8-9,11-12,17H,2-3,5-7,10H2,1H3,(H,15,18). The molecule has 18 heavy (non-hydrogen) atoms. The molecule has 1 amide bonds. The van der Waals surface area contributed by atoms with Crippen LogP contribution in [-0.2, 0) is 0 Å². The number of hydrogen-bond donors (Lipinski definition) is 2. The van der Waals surface area contributed by atoms with Crippen LogP contribution in [0.25, 0.3) is 0 Å². The second-order valence-electron chi connectivity index (χ2n) is 5.04. The van der Waals surface area contributed by atoms with E-state index in [1.54, 1.807) is 0 Å². The lowest BCUT2D eigenvalue weighted by atomic mass is 9.93. The molecule has 100 valence electrons. The molecule has 1 fully saturated rings. The summed E-state index contributed by atoms with van der Waals surface area (Å²) in [5.74, 6) is -0.0814. The first kappa shape index (κ1) is 13.1. The highest BCUT2D eigenvalue weighted by Gasteiger charge is 2.23. The molecule has 0 saturated heterocycles. The van der Waals surface area contributed by atoms with Crippen molar-refractivity contribution in [3.05, 3.63) is 24.0 Å². The van der Waals surface area contributed by atoms with E-state index in [4.69, 9.17) is 0 Å². The van der Waals surface area contributed by atoms with Gasteiger partial charge in [0.25, 0.3) is 5.91 Å². The normalized spacial score (nSPS) is 17.2. The minimum Gasteiger partial charge on any atom is -0.391 e. The minimum atomic E-state index is -0.439. The van der Waals surface area contributed by atoms with Crippen molar-refractivity contribution in [1.29, 1.82) is 0 Å². The number of carbonyl (C=O) groups is 1. The van der Waals surface area contributed by atoms with E-state index in [1.165, 1.54) is 6.42 Å². The van der Waals surface area contributed by atoms with Gasteiger partial charge in [-0.1, -0.05) is 13.3 Å². The predicted molar refractivity (Wildman–Crippen MR) is 70.6 cm³/mol. The maximum Gasteiger partial charge on any atom is 0.268 e. The third-order valence-corrected chi connectivity index (χ3v) is 3.60. The van der Waals surface area contributed by atoms with Gasteiger partial charge in [-0.3, -0.25) is 4.79 Å². The molecular weight excluding hydrogens is 228 g/mol. The zero-order chi connectivity index (χ0) is 13.0. The fraction of sp³-hybridized carbons (Fsp3) is 0.643. The van der Waals surface area contributed by atoms with Crippen LogP contribution in [0.2, 0.25) is 0 Å². The minimum absolute atomic E-state index is 0.0814. The number of aliphatic hydroxyl groups excluding tert-OH is 1. The van der Waals surface area contributed by atoms with Gasteiger partial charge < -0.3 is 15.0 Å². The highest BCUT2D eigenvalue weighted by atomic mass is 16.3. The Morgan fingerprint density at radius 1 is 1.61 bits per heavy atom. The molecule has 4 heteroatoms. The molecule has 0 radical (unpaired) electrons. The van der Waals surface area contributed by atoms with Gasteiger partial charge in [0, 0.05) is 18.8 Å². The van der Waals surface area contributed by atoms with E-state index >= 15 is 0 Å². The van der Waals surface area contributed by atoms with Crippen molar-refractivity contribution in [3.63, 3.8) is 0 Å². The maximum atomic E-state index is 12.0. The second-order valence-corrected chi connectivity index (χ2v) is 5.04. The number of nitrogens with zero attached hydrogens (tertiary/aromatic N) is 1. The first-order chi connectivity index (χ1) is 8.72. The fourth-order valence-electron chi connectivity index (χ4n) is 2.31.